The summed E-state index contributed by atoms with van der Waals surface area (Å²) in [5.41, 5.74) is 1.41. The molecule has 0 radical (unpaired) electrons. The molecule has 0 unspecified atom stereocenters. The van der Waals surface area contributed by atoms with Gasteiger partial charge in [-0.1, -0.05) is 40.5 Å². The Hall–Kier alpha value is -4.98. The first-order chi connectivity index (χ1) is 33.0. The highest BCUT2D eigenvalue weighted by Gasteiger charge is 2.33. The van der Waals surface area contributed by atoms with Crippen LogP contribution in [0.4, 0.5) is 0 Å². The lowest BCUT2D eigenvalue weighted by Gasteiger charge is -2.32. The maximum Gasteiger partial charge on any atom is 0.333 e. The fourth-order valence-corrected chi connectivity index (χ4v) is 7.23. The summed E-state index contributed by atoms with van der Waals surface area (Å²) in [4.78, 5) is 75.7. The van der Waals surface area contributed by atoms with Gasteiger partial charge in [0.15, 0.2) is 0 Å². The molecule has 0 saturated carbocycles. The summed E-state index contributed by atoms with van der Waals surface area (Å²) < 4.78 is 64.9. The lowest BCUT2D eigenvalue weighted by atomic mass is 9.94. The number of hydrogen-bond acceptors (Lipinski definition) is 18. The molecule has 3 aliphatic heterocycles. The van der Waals surface area contributed by atoms with Crippen LogP contribution < -0.4 is 0 Å². The summed E-state index contributed by atoms with van der Waals surface area (Å²) in [5.74, 6) is -2.85. The first kappa shape index (κ1) is 56.6. The molecule has 4 rings (SSSR count). The number of unbranched alkanes of at least 4 members (excludes halogenated alkanes) is 3. The molecule has 18 nitrogen and oxygen atoms in total. The molecule has 0 amide bonds. The Labute approximate surface area is 405 Å². The molecule has 3 aliphatic rings. The van der Waals surface area contributed by atoms with Crippen molar-refractivity contribution in [3.63, 3.8) is 0 Å². The van der Waals surface area contributed by atoms with Gasteiger partial charge in [-0.15, -0.1) is 0 Å². The minimum atomic E-state index is -0.502. The van der Waals surface area contributed by atoms with E-state index in [9.17, 15) is 28.8 Å². The second-order valence-electron chi connectivity index (χ2n) is 19.2. The molecule has 0 spiro atoms. The van der Waals surface area contributed by atoms with Crippen molar-refractivity contribution in [2.45, 2.75) is 118 Å². The largest absolute Gasteiger partial charge is 0.462 e. The summed E-state index contributed by atoms with van der Waals surface area (Å²) in [6.45, 7) is 20.6. The number of benzene rings is 1. The molecule has 384 valence electrons. The molecule has 3 heterocycles. The van der Waals surface area contributed by atoms with Crippen molar-refractivity contribution in [2.75, 3.05) is 79.8 Å². The topological polar surface area (TPSA) is 213 Å². The molecule has 18 heteroatoms. The minimum Gasteiger partial charge on any atom is -0.462 e. The molecule has 0 atom stereocenters. The van der Waals surface area contributed by atoms with Crippen molar-refractivity contribution >= 4 is 35.8 Å². The summed E-state index contributed by atoms with van der Waals surface area (Å²) in [6.07, 6.45) is 4.29. The van der Waals surface area contributed by atoms with Crippen LogP contribution in [0.15, 0.2) is 54.7 Å². The smallest absolute Gasteiger partial charge is 0.333 e. The Kier molecular flexibility index (Phi) is 24.0. The molecule has 0 aromatic heterocycles. The van der Waals surface area contributed by atoms with Gasteiger partial charge in [0.2, 0.25) is 0 Å². The summed E-state index contributed by atoms with van der Waals surface area (Å²) in [7, 11) is 0. The number of rotatable bonds is 30. The highest BCUT2D eigenvalue weighted by molar-refractivity contribution is 5.88. The van der Waals surface area contributed by atoms with Gasteiger partial charge in [-0.3, -0.25) is 14.4 Å². The van der Waals surface area contributed by atoms with Crippen molar-refractivity contribution in [3.8, 4) is 0 Å². The van der Waals surface area contributed by atoms with E-state index in [1.807, 2.05) is 20.8 Å². The predicted octanol–water partition coefficient (Wildman–Crippen LogP) is 6.83. The van der Waals surface area contributed by atoms with E-state index in [2.05, 4.69) is 19.7 Å². The first-order valence-electron chi connectivity index (χ1n) is 23.6. The van der Waals surface area contributed by atoms with Crippen molar-refractivity contribution in [1.82, 2.24) is 0 Å². The van der Waals surface area contributed by atoms with Crippen LogP contribution in [0.1, 0.15) is 115 Å². The first-order valence-corrected chi connectivity index (χ1v) is 23.6. The van der Waals surface area contributed by atoms with E-state index in [1.54, 1.807) is 18.2 Å². The Morgan fingerprint density at radius 3 is 0.884 bits per heavy atom. The van der Waals surface area contributed by atoms with Crippen LogP contribution in [0.3, 0.4) is 0 Å². The summed E-state index contributed by atoms with van der Waals surface area (Å²) >= 11 is 0. The molecular weight excluding hydrogens is 901 g/mol. The number of ether oxygens (including phenoxy) is 12. The van der Waals surface area contributed by atoms with Gasteiger partial charge in [-0.25, -0.2) is 14.4 Å². The van der Waals surface area contributed by atoms with E-state index in [0.29, 0.717) is 131 Å². The fraction of sp³-hybridized carbons (Fsp3) is 0.647. The fourth-order valence-electron chi connectivity index (χ4n) is 7.23. The molecular formula is C51H72O18. The molecule has 1 aromatic carbocycles. The molecule has 0 N–H and O–H groups in total. The number of esters is 6. The maximum atomic E-state index is 12.8. The lowest BCUT2D eigenvalue weighted by molar-refractivity contribution is -0.180. The van der Waals surface area contributed by atoms with E-state index < -0.39 is 52.1 Å². The molecule has 3 fully saturated rings. The van der Waals surface area contributed by atoms with Gasteiger partial charge in [0.25, 0.3) is 0 Å². The third-order valence-corrected chi connectivity index (χ3v) is 11.4. The van der Waals surface area contributed by atoms with Gasteiger partial charge in [0.05, 0.1) is 39.6 Å². The van der Waals surface area contributed by atoms with Crippen molar-refractivity contribution in [1.29, 1.82) is 0 Å². The molecule has 0 bridgehead atoms. The average molecular weight is 973 g/mol. The highest BCUT2D eigenvalue weighted by atomic mass is 16.7. The summed E-state index contributed by atoms with van der Waals surface area (Å²) in [5, 5.41) is 0. The van der Waals surface area contributed by atoms with Gasteiger partial charge < -0.3 is 56.8 Å². The molecule has 69 heavy (non-hydrogen) atoms. The standard InChI is InChI=1S/C51H72O18/c1-37(46(55)67-31-49(4)25-58-34-59-26-49)13-7-10-16-43(52)64-22-40-19-41(23-65-44(53)17-11-8-14-38(2)47(56)68-32-50(5)27-60-35-61-28-50)21-42(20-40)24-66-45(54)18-12-9-15-39(3)48(57)69-33-51(6)29-62-36-63-30-51/h19-21H,1-3,7-18,22-36H2,4-6H3. The Bertz CT molecular complexity index is 1680. The monoisotopic (exact) mass is 972 g/mol. The minimum absolute atomic E-state index is 0.0902. The van der Waals surface area contributed by atoms with Gasteiger partial charge >= 0.3 is 35.8 Å². The Morgan fingerprint density at radius 1 is 0.406 bits per heavy atom. The lowest BCUT2D eigenvalue weighted by Crippen LogP contribution is -2.39. The second-order valence-corrected chi connectivity index (χ2v) is 19.2. The van der Waals surface area contributed by atoms with Crippen molar-refractivity contribution in [2.24, 2.45) is 16.2 Å². The van der Waals surface area contributed by atoms with Crippen LogP contribution in [0.2, 0.25) is 0 Å². The van der Waals surface area contributed by atoms with E-state index in [0.717, 1.165) is 0 Å². The van der Waals surface area contributed by atoms with E-state index in [-0.39, 0.29) is 79.3 Å². The zero-order chi connectivity index (χ0) is 50.1. The summed E-state index contributed by atoms with van der Waals surface area (Å²) in [6, 6.07) is 5.22. The van der Waals surface area contributed by atoms with Crippen LogP contribution >= 0.6 is 0 Å². The van der Waals surface area contributed by atoms with Crippen LogP contribution in [0, 0.1) is 16.2 Å². The zero-order valence-electron chi connectivity index (χ0n) is 40.8. The normalized spacial score (nSPS) is 17.1. The van der Waals surface area contributed by atoms with Crippen LogP contribution in [0.5, 0.6) is 0 Å². The van der Waals surface area contributed by atoms with E-state index >= 15 is 0 Å². The zero-order valence-corrected chi connectivity index (χ0v) is 40.8. The van der Waals surface area contributed by atoms with Gasteiger partial charge in [-0.2, -0.15) is 0 Å². The van der Waals surface area contributed by atoms with Crippen molar-refractivity contribution < 1.29 is 85.6 Å². The van der Waals surface area contributed by atoms with Crippen molar-refractivity contribution in [3.05, 3.63) is 71.3 Å². The van der Waals surface area contributed by atoms with Gasteiger partial charge in [0, 0.05) is 52.2 Å². The Balaban J connectivity index is 1.20. The quantitative estimate of drug-likeness (QED) is 0.0334. The second kappa shape index (κ2) is 29.3. The van der Waals surface area contributed by atoms with Crippen LogP contribution in [0.25, 0.3) is 0 Å². The maximum absolute atomic E-state index is 12.8. The van der Waals surface area contributed by atoms with E-state index in [1.165, 1.54) is 0 Å². The predicted molar refractivity (Wildman–Crippen MR) is 246 cm³/mol. The third-order valence-electron chi connectivity index (χ3n) is 11.4. The number of hydrogen-bond donors (Lipinski definition) is 0. The van der Waals surface area contributed by atoms with Gasteiger partial charge in [0.1, 0.15) is 60.0 Å². The third kappa shape index (κ3) is 22.1. The molecule has 1 aromatic rings. The number of carbonyl (C=O) groups excluding carboxylic acids is 6. The van der Waals surface area contributed by atoms with E-state index in [4.69, 9.17) is 56.8 Å². The average Bonchev–Trinajstić information content (AvgIpc) is 3.34. The molecule has 3 saturated heterocycles. The van der Waals surface area contributed by atoms with Crippen LogP contribution in [-0.4, -0.2) is 116 Å². The molecule has 0 aliphatic carbocycles. The van der Waals surface area contributed by atoms with Crippen LogP contribution in [-0.2, 0) is 105 Å². The highest BCUT2D eigenvalue weighted by Crippen LogP contribution is 2.25. The van der Waals surface area contributed by atoms with Gasteiger partial charge in [-0.05, 0) is 92.7 Å². The number of carbonyl (C=O) groups is 6. The Morgan fingerprint density at radius 2 is 0.638 bits per heavy atom. The SMILES string of the molecule is C=C(CCCCC(=O)OCc1cc(COC(=O)CCCCC(=C)C(=O)OCC2(C)COCOC2)cc(COC(=O)CCCCC(=C)C(=O)OCC2(C)COCOC2)c1)C(=O)OCC1(C)COCOC1.